The largest absolute Gasteiger partial charge is 0.392 e. The zero-order valence-electron chi connectivity index (χ0n) is 97.8. The van der Waals surface area contributed by atoms with Crippen LogP contribution >= 0.6 is 0 Å². The van der Waals surface area contributed by atoms with Gasteiger partial charge in [-0.15, -0.1) is 0 Å². The number of aliphatic hydroxyl groups is 1. The Morgan fingerprint density at radius 3 is 0.938 bits per heavy atom. The first kappa shape index (κ1) is 133. The van der Waals surface area contributed by atoms with Crippen molar-refractivity contribution in [1.29, 1.82) is 0 Å². The number of ether oxygens (including phenoxy) is 2. The van der Waals surface area contributed by atoms with Gasteiger partial charge in [0.05, 0.1) is 31.9 Å². The molecule has 10 fully saturated rings. The normalized spacial score (nSPS) is 25.6. The van der Waals surface area contributed by atoms with E-state index in [9.17, 15) is 22.7 Å². The highest BCUT2D eigenvalue weighted by Gasteiger charge is 2.48. The molecule has 20 heteroatoms. The van der Waals surface area contributed by atoms with Gasteiger partial charge in [-0.05, 0) is 381 Å². The van der Waals surface area contributed by atoms with Crippen LogP contribution < -0.4 is 0 Å². The molecule has 16 nitrogen and oxygen atoms in total. The van der Waals surface area contributed by atoms with E-state index < -0.39 is 11.8 Å². The van der Waals surface area contributed by atoms with Crippen molar-refractivity contribution in [3.63, 3.8) is 0 Å². The van der Waals surface area contributed by atoms with E-state index >= 15 is 0 Å². The highest BCUT2D eigenvalue weighted by molar-refractivity contribution is 4.97. The molecular weight excluding hydrogens is 1630 g/mol. The van der Waals surface area contributed by atoms with Crippen molar-refractivity contribution in [1.82, 2.24) is 63.7 Å². The lowest BCUT2D eigenvalue weighted by atomic mass is 9.80. The van der Waals surface area contributed by atoms with Crippen molar-refractivity contribution < 1.29 is 32.1 Å². The third kappa shape index (κ3) is 55.9. The predicted octanol–water partition coefficient (Wildman–Crippen LogP) is 24.2. The minimum atomic E-state index is -2.48. The van der Waals surface area contributed by atoms with Gasteiger partial charge in [0.15, 0.2) is 0 Å². The Balaban J connectivity index is -0.00000135. The maximum Gasteiger partial charge on any atom is 0.262 e. The van der Waals surface area contributed by atoms with Crippen LogP contribution in [0.5, 0.6) is 0 Å². The van der Waals surface area contributed by atoms with Crippen LogP contribution in [-0.2, 0) is 9.47 Å². The molecule has 0 aliphatic carbocycles. The summed E-state index contributed by atoms with van der Waals surface area (Å²) in [4.78, 5) is 30.1. The van der Waals surface area contributed by atoms with Gasteiger partial charge in [-0.3, -0.25) is 24.5 Å². The van der Waals surface area contributed by atoms with Crippen LogP contribution in [0.15, 0.2) is 0 Å². The number of aliphatic hydroxyl groups excluding tert-OH is 1. The van der Waals surface area contributed by atoms with E-state index in [-0.39, 0.29) is 54.6 Å². The number of hydrogen-bond donors (Lipinski definition) is 1. The Bertz CT molecular complexity index is 2850. The monoisotopic (exact) mass is 1860 g/mol. The third-order valence-corrected chi connectivity index (χ3v) is 29.3. The number of alkyl halides is 4. The number of methoxy groups -OCH3 is 2. The Labute approximate surface area is 811 Å². The van der Waals surface area contributed by atoms with Crippen molar-refractivity contribution in [2.45, 2.75) is 468 Å². The second-order valence-corrected chi connectivity index (χ2v) is 54.8. The zero-order chi connectivity index (χ0) is 103. The quantitative estimate of drug-likeness (QED) is 0.246. The zero-order valence-corrected chi connectivity index (χ0v) is 97.8. The van der Waals surface area contributed by atoms with Crippen LogP contribution in [0.4, 0.5) is 17.6 Å². The van der Waals surface area contributed by atoms with E-state index in [1.54, 1.807) is 19.1 Å². The topological polar surface area (TPSA) is 80.8 Å². The highest BCUT2D eigenvalue weighted by Crippen LogP contribution is 2.41. The average molecular weight is 1860 g/mol. The summed E-state index contributed by atoms with van der Waals surface area (Å²) in [5, 5.41) is 9.39. The number of halogens is 4. The summed E-state index contributed by atoms with van der Waals surface area (Å²) >= 11 is 0. The summed E-state index contributed by atoms with van der Waals surface area (Å²) < 4.78 is 61.6. The van der Waals surface area contributed by atoms with Crippen LogP contribution in [-0.4, -0.2) is 364 Å². The fourth-order valence-corrected chi connectivity index (χ4v) is 18.6. The van der Waals surface area contributed by atoms with Crippen LogP contribution in [0.1, 0.15) is 375 Å². The van der Waals surface area contributed by atoms with Gasteiger partial charge in [0.25, 0.3) is 11.8 Å². The number of β-amino-alcohol motifs (C(OH)–C–C–N with tert-alkyl or cyclic N) is 1. The first-order chi connectivity index (χ1) is 58.0. The lowest BCUT2D eigenvalue weighted by Crippen LogP contribution is -2.51. The van der Waals surface area contributed by atoms with Gasteiger partial charge >= 0.3 is 0 Å². The number of likely N-dealkylation sites (tertiary alicyclic amines) is 10. The molecule has 10 heterocycles. The molecule has 9 atom stereocenters. The summed E-state index contributed by atoms with van der Waals surface area (Å²) in [6.45, 7) is 115. The molecule has 130 heavy (non-hydrogen) atoms. The van der Waals surface area contributed by atoms with Gasteiger partial charge in [0, 0.05) is 136 Å². The van der Waals surface area contributed by atoms with Crippen LogP contribution in [0.3, 0.4) is 0 Å². The minimum Gasteiger partial charge on any atom is -0.392 e. The summed E-state index contributed by atoms with van der Waals surface area (Å²) in [6, 6.07) is 3.59. The predicted molar refractivity (Wildman–Crippen MR) is 566 cm³/mol. The molecule has 0 aromatic heterocycles. The van der Waals surface area contributed by atoms with Crippen molar-refractivity contribution in [3.05, 3.63) is 0 Å². The number of rotatable bonds is 7. The molecule has 10 saturated heterocycles. The van der Waals surface area contributed by atoms with E-state index in [0.29, 0.717) is 79.4 Å². The molecule has 10 rings (SSSR count). The first-order valence-corrected chi connectivity index (χ1v) is 51.8. The summed E-state index contributed by atoms with van der Waals surface area (Å²) in [6.07, 6.45) is 13.6. The molecular formula is C110H235F4N13O3. The number of likely N-dealkylation sites (N-methyl/N-ethyl adjacent to an activating group) is 3. The second kappa shape index (κ2) is 56.7. The molecule has 0 radical (unpaired) electrons. The molecule has 0 amide bonds. The summed E-state index contributed by atoms with van der Waals surface area (Å²) in [5.41, 5.74) is 4.30. The molecule has 10 aliphatic rings. The van der Waals surface area contributed by atoms with Crippen LogP contribution in [0.2, 0.25) is 0 Å². The first-order valence-electron chi connectivity index (χ1n) is 51.8. The SMILES string of the molecule is CC(C)(C)N1CCC(F)(F)C1.CC(C)(C)N1CCC1.CC(C)(C)N1CCCC1.CC(C)N1CCC(C(C)(C)C)C1.CCN(C)C(C)(C)C.CCN(CCOC)C(C)(C)C.CN(C)C(C)(C)C.CN1CC(F)(F)CC1C(C)(C)C.CN1CC(O)CC1C(C)(C)C.CN1CCC(C(C)(C)C)C1.CN1CCC1C(C)(C)C.CN1CCCC1C(C)(C)C.COC1CC(C(C)(C)C)N(C)C1. The fraction of sp³-hybridized carbons (Fsp3) is 1.00. The average Bonchev–Trinajstić information content (AvgIpc) is 1.52. The van der Waals surface area contributed by atoms with Gasteiger partial charge in [0.1, 0.15) is 0 Å². The standard InChI is InChI=1S/C11H23N.C10H21NO.C9H17F2N.C9H19NO.C9H21NO.2C9H19N.C8H15F2N.2C8H17N.C7H15N.C7H17N.C6H15N/c1-9(2)12-7-6-10(8-12)11(3,4)5;1-10(2,3)9-6-8(12-5)7-11(9)4;1-8(2,3)7-5-9(10,11)6-12(7)4;1-9(2,3)8-5-7(11)6-10(8)4;1-6-10(7-8-11-5)9(2,3)4;1-9(2,3)8-5-6-10(4)7-8;1-9(2,3)8-6-5-7-10(8)4;1-7(2,3)11-5-4-8(9,10)6-11;1-8(2,3)7-5-6-9(7)4;1-8(2,3)9-6-4-5-7-9;1-7(2,3)8-5-4-6-8;1-6-8(5)7(2,3)4;1-6(2,3)7(4)5/h9-10H,6-8H2,1-5H3;8-9H,6-7H2,1-5H3;7H,5-6H2,1-4H3;7-8,11H,5-6H2,1-4H3;6-8H2,1-5H3;2*8H,5-7H2,1-4H3;4-6H2,1-3H3;7H,5-6H2,1-4H3;4-7H2,1-3H3;4-6H2,1-3H3;6H2,1-5H3;1-5H3. The van der Waals surface area contributed by atoms with Crippen LogP contribution in [0, 0.1) is 49.7 Å². The van der Waals surface area contributed by atoms with Gasteiger partial charge in [-0.1, -0.05) is 159 Å². The lowest BCUT2D eigenvalue weighted by molar-refractivity contribution is 0.00168. The summed E-state index contributed by atoms with van der Waals surface area (Å²) in [7, 11) is 22.6. The molecule has 1 N–H and O–H groups in total. The maximum atomic E-state index is 12.9. The Kier molecular flexibility index (Phi) is 58.0. The molecule has 0 aromatic carbocycles. The van der Waals surface area contributed by atoms with Crippen molar-refractivity contribution in [2.24, 2.45) is 49.7 Å². The van der Waals surface area contributed by atoms with Gasteiger partial charge in [-0.2, -0.15) is 0 Å². The number of nitrogens with zero attached hydrogens (tertiary/aromatic N) is 13. The maximum absolute atomic E-state index is 12.9. The lowest BCUT2D eigenvalue weighted by Gasteiger charge is -2.46. The molecule has 786 valence electrons. The van der Waals surface area contributed by atoms with Gasteiger partial charge in [-0.25, -0.2) is 17.6 Å². The molecule has 10 aliphatic heterocycles. The molecule has 0 saturated carbocycles. The van der Waals surface area contributed by atoms with Gasteiger partial charge < -0.3 is 53.8 Å². The second-order valence-electron chi connectivity index (χ2n) is 54.8. The molecule has 9 unspecified atom stereocenters. The summed E-state index contributed by atoms with van der Waals surface area (Å²) in [5.74, 6) is -3.11. The van der Waals surface area contributed by atoms with Crippen molar-refractivity contribution in [2.75, 3.05) is 202 Å². The molecule has 0 aromatic rings. The Morgan fingerprint density at radius 2 is 0.777 bits per heavy atom. The third-order valence-electron chi connectivity index (χ3n) is 29.3. The van der Waals surface area contributed by atoms with E-state index in [1.165, 1.54) is 123 Å². The van der Waals surface area contributed by atoms with Crippen molar-refractivity contribution in [3.8, 4) is 0 Å². The van der Waals surface area contributed by atoms with E-state index in [2.05, 4.69) is 366 Å². The molecule has 0 bridgehead atoms. The van der Waals surface area contributed by atoms with Crippen molar-refractivity contribution >= 4 is 0 Å². The van der Waals surface area contributed by atoms with Crippen LogP contribution in [0.25, 0.3) is 0 Å². The smallest absolute Gasteiger partial charge is 0.262 e. The van der Waals surface area contributed by atoms with E-state index in [4.69, 9.17) is 9.47 Å². The van der Waals surface area contributed by atoms with Gasteiger partial charge in [0.2, 0.25) is 0 Å². The van der Waals surface area contributed by atoms with E-state index in [1.807, 2.05) is 53.6 Å². The Morgan fingerprint density at radius 1 is 0.377 bits per heavy atom. The van der Waals surface area contributed by atoms with E-state index in [0.717, 1.165) is 75.7 Å². The molecule has 0 spiro atoms. The number of hydrogen-bond acceptors (Lipinski definition) is 16. The minimum absolute atomic E-state index is 0.00694. The Hall–Kier alpha value is -0.920. The fourth-order valence-electron chi connectivity index (χ4n) is 18.6. The highest BCUT2D eigenvalue weighted by atomic mass is 19.3.